The average Bonchev–Trinajstić information content (AvgIpc) is 2.41. The predicted octanol–water partition coefficient (Wildman–Crippen LogP) is 4.79. The van der Waals surface area contributed by atoms with E-state index in [0.29, 0.717) is 5.88 Å². The molecule has 0 aliphatic carbocycles. The molecular formula is C15H10BrNO. The lowest BCUT2D eigenvalue weighted by Crippen LogP contribution is -1.88. The number of aromatic nitrogens is 1. The van der Waals surface area contributed by atoms with Crippen LogP contribution in [0.5, 0.6) is 11.6 Å². The highest BCUT2D eigenvalue weighted by Crippen LogP contribution is 2.26. The molecule has 3 rings (SSSR count). The molecule has 2 nitrogen and oxygen atoms in total. The van der Waals surface area contributed by atoms with Crippen molar-refractivity contribution in [2.45, 2.75) is 0 Å². The van der Waals surface area contributed by atoms with Crippen LogP contribution in [-0.2, 0) is 0 Å². The van der Waals surface area contributed by atoms with Crippen LogP contribution in [0.3, 0.4) is 0 Å². The van der Waals surface area contributed by atoms with Crippen molar-refractivity contribution in [3.05, 3.63) is 65.1 Å². The molecule has 18 heavy (non-hydrogen) atoms. The number of hydrogen-bond acceptors (Lipinski definition) is 2. The summed E-state index contributed by atoms with van der Waals surface area (Å²) >= 11 is 3.50. The summed E-state index contributed by atoms with van der Waals surface area (Å²) in [6.07, 6.45) is 0. The zero-order valence-electron chi connectivity index (χ0n) is 9.51. The fourth-order valence-electron chi connectivity index (χ4n) is 1.76. The molecular weight excluding hydrogens is 290 g/mol. The molecule has 0 unspecified atom stereocenters. The monoisotopic (exact) mass is 299 g/mol. The SMILES string of the molecule is Brc1cccc2ccc(Oc3ccccc3)nc12. The van der Waals surface area contributed by atoms with Gasteiger partial charge in [0, 0.05) is 15.9 Å². The van der Waals surface area contributed by atoms with Crippen LogP contribution in [0, 0.1) is 0 Å². The second kappa shape index (κ2) is 4.78. The van der Waals surface area contributed by atoms with Crippen LogP contribution in [0.4, 0.5) is 0 Å². The summed E-state index contributed by atoms with van der Waals surface area (Å²) in [7, 11) is 0. The number of hydrogen-bond donors (Lipinski definition) is 0. The van der Waals surface area contributed by atoms with Crippen molar-refractivity contribution < 1.29 is 4.74 Å². The van der Waals surface area contributed by atoms with Gasteiger partial charge < -0.3 is 4.74 Å². The molecule has 1 heterocycles. The second-order valence-corrected chi connectivity index (χ2v) is 4.73. The van der Waals surface area contributed by atoms with E-state index in [0.717, 1.165) is 21.1 Å². The first-order valence-electron chi connectivity index (χ1n) is 5.61. The Morgan fingerprint density at radius 3 is 2.50 bits per heavy atom. The van der Waals surface area contributed by atoms with Crippen LogP contribution in [0.2, 0.25) is 0 Å². The van der Waals surface area contributed by atoms with Crippen molar-refractivity contribution in [2.75, 3.05) is 0 Å². The first-order valence-corrected chi connectivity index (χ1v) is 6.40. The lowest BCUT2D eigenvalue weighted by molar-refractivity contribution is 0.465. The third-order valence-electron chi connectivity index (χ3n) is 2.61. The van der Waals surface area contributed by atoms with Crippen LogP contribution in [0.25, 0.3) is 10.9 Å². The van der Waals surface area contributed by atoms with E-state index in [4.69, 9.17) is 4.74 Å². The Balaban J connectivity index is 2.01. The molecule has 3 aromatic rings. The Morgan fingerprint density at radius 2 is 1.67 bits per heavy atom. The zero-order chi connectivity index (χ0) is 12.4. The van der Waals surface area contributed by atoms with Crippen molar-refractivity contribution in [3.8, 4) is 11.6 Å². The van der Waals surface area contributed by atoms with Crippen LogP contribution in [0.15, 0.2) is 65.1 Å². The maximum Gasteiger partial charge on any atom is 0.219 e. The number of ether oxygens (including phenoxy) is 1. The van der Waals surface area contributed by atoms with Crippen LogP contribution >= 0.6 is 15.9 Å². The molecule has 0 saturated carbocycles. The number of fused-ring (bicyclic) bond motifs is 1. The number of halogens is 1. The van der Waals surface area contributed by atoms with Crippen molar-refractivity contribution in [2.24, 2.45) is 0 Å². The van der Waals surface area contributed by atoms with E-state index >= 15 is 0 Å². The van der Waals surface area contributed by atoms with E-state index in [1.807, 2.05) is 60.7 Å². The third-order valence-corrected chi connectivity index (χ3v) is 3.25. The molecule has 0 N–H and O–H groups in total. The standard InChI is InChI=1S/C15H10BrNO/c16-13-8-4-5-11-9-10-14(17-15(11)13)18-12-6-2-1-3-7-12/h1-10H. The normalized spacial score (nSPS) is 10.5. The van der Waals surface area contributed by atoms with Crippen LogP contribution in [0.1, 0.15) is 0 Å². The van der Waals surface area contributed by atoms with Gasteiger partial charge in [0.1, 0.15) is 5.75 Å². The first kappa shape index (κ1) is 11.2. The summed E-state index contributed by atoms with van der Waals surface area (Å²) in [5.74, 6) is 1.39. The molecule has 88 valence electrons. The highest BCUT2D eigenvalue weighted by Gasteiger charge is 2.03. The lowest BCUT2D eigenvalue weighted by atomic mass is 10.2. The number of nitrogens with zero attached hydrogens (tertiary/aromatic N) is 1. The summed E-state index contributed by atoms with van der Waals surface area (Å²) in [6, 6.07) is 19.5. The van der Waals surface area contributed by atoms with Gasteiger partial charge in [-0.1, -0.05) is 30.3 Å². The lowest BCUT2D eigenvalue weighted by Gasteiger charge is -2.06. The van der Waals surface area contributed by atoms with Crippen LogP contribution < -0.4 is 4.74 Å². The first-order chi connectivity index (χ1) is 8.83. The highest BCUT2D eigenvalue weighted by atomic mass is 79.9. The minimum Gasteiger partial charge on any atom is -0.439 e. The molecule has 1 aromatic heterocycles. The van der Waals surface area contributed by atoms with E-state index in [1.54, 1.807) is 0 Å². The quantitative estimate of drug-likeness (QED) is 0.679. The maximum absolute atomic E-state index is 5.71. The van der Waals surface area contributed by atoms with E-state index in [9.17, 15) is 0 Å². The van der Waals surface area contributed by atoms with Gasteiger partial charge in [0.25, 0.3) is 0 Å². The van der Waals surface area contributed by atoms with E-state index in [-0.39, 0.29) is 0 Å². The van der Waals surface area contributed by atoms with Gasteiger partial charge in [0.2, 0.25) is 5.88 Å². The fourth-order valence-corrected chi connectivity index (χ4v) is 2.23. The molecule has 2 aromatic carbocycles. The molecule has 0 bridgehead atoms. The van der Waals surface area contributed by atoms with Crippen molar-refractivity contribution >= 4 is 26.8 Å². The topological polar surface area (TPSA) is 22.1 Å². The molecule has 0 radical (unpaired) electrons. The molecule has 0 saturated heterocycles. The predicted molar refractivity (Wildman–Crippen MR) is 76.0 cm³/mol. The smallest absolute Gasteiger partial charge is 0.219 e. The number of benzene rings is 2. The highest BCUT2D eigenvalue weighted by molar-refractivity contribution is 9.10. The molecule has 0 fully saturated rings. The molecule has 0 aliphatic heterocycles. The minimum absolute atomic E-state index is 0.598. The third kappa shape index (κ3) is 2.22. The van der Waals surface area contributed by atoms with Gasteiger partial charge in [-0.2, -0.15) is 0 Å². The Hall–Kier alpha value is -1.87. The number of para-hydroxylation sites is 2. The van der Waals surface area contributed by atoms with E-state index < -0.39 is 0 Å². The number of pyridine rings is 1. The van der Waals surface area contributed by atoms with Crippen molar-refractivity contribution in [3.63, 3.8) is 0 Å². The Labute approximate surface area is 113 Å². The van der Waals surface area contributed by atoms with Crippen molar-refractivity contribution in [1.29, 1.82) is 0 Å². The summed E-state index contributed by atoms with van der Waals surface area (Å²) in [5, 5.41) is 1.09. The van der Waals surface area contributed by atoms with E-state index in [2.05, 4.69) is 20.9 Å². The van der Waals surface area contributed by atoms with Crippen molar-refractivity contribution in [1.82, 2.24) is 4.98 Å². The number of rotatable bonds is 2. The molecule has 0 amide bonds. The Bertz CT molecular complexity index is 682. The van der Waals surface area contributed by atoms with Gasteiger partial charge in [-0.25, -0.2) is 4.98 Å². The summed E-state index contributed by atoms with van der Waals surface area (Å²) < 4.78 is 6.68. The summed E-state index contributed by atoms with van der Waals surface area (Å²) in [5.41, 5.74) is 0.908. The molecule has 0 spiro atoms. The Kier molecular flexibility index (Phi) is 2.99. The minimum atomic E-state index is 0.598. The maximum atomic E-state index is 5.71. The summed E-state index contributed by atoms with van der Waals surface area (Å²) in [4.78, 5) is 4.50. The molecule has 3 heteroatoms. The van der Waals surface area contributed by atoms with Gasteiger partial charge in [-0.3, -0.25) is 0 Å². The molecule has 0 aliphatic rings. The van der Waals surface area contributed by atoms with E-state index in [1.165, 1.54) is 0 Å². The van der Waals surface area contributed by atoms with Gasteiger partial charge in [-0.15, -0.1) is 0 Å². The second-order valence-electron chi connectivity index (χ2n) is 3.88. The fraction of sp³-hybridized carbons (Fsp3) is 0. The van der Waals surface area contributed by atoms with Gasteiger partial charge in [0.05, 0.1) is 5.52 Å². The van der Waals surface area contributed by atoms with Crippen LogP contribution in [-0.4, -0.2) is 4.98 Å². The van der Waals surface area contributed by atoms with Gasteiger partial charge in [0.15, 0.2) is 0 Å². The molecule has 0 atom stereocenters. The average molecular weight is 300 g/mol. The van der Waals surface area contributed by atoms with Gasteiger partial charge in [-0.05, 0) is 40.2 Å². The summed E-state index contributed by atoms with van der Waals surface area (Å²) in [6.45, 7) is 0. The largest absolute Gasteiger partial charge is 0.439 e. The zero-order valence-corrected chi connectivity index (χ0v) is 11.1. The van der Waals surface area contributed by atoms with Gasteiger partial charge >= 0.3 is 0 Å². The Morgan fingerprint density at radius 1 is 0.833 bits per heavy atom.